The number of halogens is 1. The van der Waals surface area contributed by atoms with Gasteiger partial charge in [0.15, 0.2) is 5.60 Å². The molecule has 0 spiro atoms. The normalized spacial score (nSPS) is 21.7. The van der Waals surface area contributed by atoms with Gasteiger partial charge in [0.05, 0.1) is 5.56 Å². The van der Waals surface area contributed by atoms with Crippen molar-refractivity contribution in [1.29, 1.82) is 0 Å². The van der Waals surface area contributed by atoms with Crippen molar-refractivity contribution >= 4 is 17.4 Å². The number of hydrogen-bond acceptors (Lipinski definition) is 3. The van der Waals surface area contributed by atoms with Gasteiger partial charge in [-0.1, -0.05) is 41.9 Å². The fraction of sp³-hybridized carbons (Fsp3) is 0.133. The molecule has 0 fully saturated rings. The van der Waals surface area contributed by atoms with E-state index in [2.05, 4.69) is 0 Å². The van der Waals surface area contributed by atoms with Crippen LogP contribution < -0.4 is 4.74 Å². The van der Waals surface area contributed by atoms with Crippen LogP contribution >= 0.6 is 11.6 Å². The van der Waals surface area contributed by atoms with Gasteiger partial charge in [-0.05, 0) is 23.8 Å². The molecule has 0 aromatic heterocycles. The van der Waals surface area contributed by atoms with E-state index in [1.165, 1.54) is 6.07 Å². The number of ether oxygens (including phenoxy) is 1. The van der Waals surface area contributed by atoms with Crippen LogP contribution in [0, 0.1) is 0 Å². The van der Waals surface area contributed by atoms with E-state index >= 15 is 0 Å². The number of Topliss-reactive ketones (excluding diaryl/α,β-unsaturated/α-hetero) is 1. The first kappa shape index (κ1) is 12.2. The average Bonchev–Trinajstić information content (AvgIpc) is 2.45. The summed E-state index contributed by atoms with van der Waals surface area (Å²) in [4.78, 5) is 12.5. The van der Waals surface area contributed by atoms with Crippen LogP contribution in [0.5, 0.6) is 5.75 Å². The second kappa shape index (κ2) is 4.37. The van der Waals surface area contributed by atoms with Gasteiger partial charge in [-0.15, -0.1) is 0 Å². The molecule has 0 saturated heterocycles. The van der Waals surface area contributed by atoms with E-state index in [0.717, 1.165) is 0 Å². The molecule has 1 atom stereocenters. The number of carbonyl (C=O) groups excluding carboxylic acids is 1. The van der Waals surface area contributed by atoms with Crippen molar-refractivity contribution in [2.24, 2.45) is 0 Å². The SMILES string of the molecule is O=C1c2cc(Cl)ccc2OC[C@@]1(O)c1ccccc1. The minimum Gasteiger partial charge on any atom is -0.489 e. The van der Waals surface area contributed by atoms with E-state index in [1.54, 1.807) is 36.4 Å². The number of rotatable bonds is 1. The zero-order valence-electron chi connectivity index (χ0n) is 9.97. The Morgan fingerprint density at radius 3 is 2.63 bits per heavy atom. The second-order valence-corrected chi connectivity index (χ2v) is 4.92. The molecule has 0 bridgehead atoms. The standard InChI is InChI=1S/C15H11ClO3/c16-11-6-7-13-12(8-11)14(17)15(18,9-19-13)10-4-2-1-3-5-10/h1-8,18H,9H2/t15-/m1/s1. The van der Waals surface area contributed by atoms with Gasteiger partial charge in [0, 0.05) is 5.02 Å². The molecule has 4 heteroatoms. The summed E-state index contributed by atoms with van der Waals surface area (Å²) in [5, 5.41) is 11.1. The monoisotopic (exact) mass is 274 g/mol. The lowest BCUT2D eigenvalue weighted by molar-refractivity contribution is -0.00504. The van der Waals surface area contributed by atoms with Gasteiger partial charge in [-0.3, -0.25) is 4.79 Å². The van der Waals surface area contributed by atoms with Crippen LogP contribution in [-0.4, -0.2) is 17.5 Å². The molecule has 2 aromatic rings. The third-order valence-corrected chi connectivity index (χ3v) is 3.48. The number of aliphatic hydroxyl groups is 1. The Morgan fingerprint density at radius 1 is 1.16 bits per heavy atom. The molecule has 1 aliphatic rings. The van der Waals surface area contributed by atoms with Crippen molar-refractivity contribution in [3.8, 4) is 5.75 Å². The minimum absolute atomic E-state index is 0.0928. The number of ketones is 1. The van der Waals surface area contributed by atoms with Gasteiger partial charge in [-0.25, -0.2) is 0 Å². The van der Waals surface area contributed by atoms with Gasteiger partial charge < -0.3 is 9.84 Å². The first-order valence-corrected chi connectivity index (χ1v) is 6.24. The maximum Gasteiger partial charge on any atom is 0.206 e. The molecular weight excluding hydrogens is 264 g/mol. The number of carbonyl (C=O) groups is 1. The fourth-order valence-corrected chi connectivity index (χ4v) is 2.38. The molecule has 1 aliphatic heterocycles. The Kier molecular flexibility index (Phi) is 2.81. The smallest absolute Gasteiger partial charge is 0.206 e. The Bertz CT molecular complexity index is 639. The predicted octanol–water partition coefficient (Wildman–Crippen LogP) is 2.80. The summed E-state index contributed by atoms with van der Waals surface area (Å²) in [6.45, 7) is -0.0928. The lowest BCUT2D eigenvalue weighted by atomic mass is 9.84. The molecular formula is C15H11ClO3. The molecule has 0 saturated carbocycles. The van der Waals surface area contributed by atoms with E-state index < -0.39 is 5.60 Å². The molecule has 0 radical (unpaired) electrons. The van der Waals surface area contributed by atoms with Gasteiger partial charge in [-0.2, -0.15) is 0 Å². The van der Waals surface area contributed by atoms with Crippen LogP contribution in [0.25, 0.3) is 0 Å². The Hall–Kier alpha value is -1.84. The lowest BCUT2D eigenvalue weighted by Gasteiger charge is -2.32. The van der Waals surface area contributed by atoms with Crippen LogP contribution in [0.2, 0.25) is 5.02 Å². The third-order valence-electron chi connectivity index (χ3n) is 3.25. The Morgan fingerprint density at radius 2 is 1.89 bits per heavy atom. The van der Waals surface area contributed by atoms with Crippen molar-refractivity contribution in [1.82, 2.24) is 0 Å². The molecule has 3 rings (SSSR count). The number of benzene rings is 2. The van der Waals surface area contributed by atoms with Crippen LogP contribution in [0.3, 0.4) is 0 Å². The van der Waals surface area contributed by atoms with Crippen molar-refractivity contribution in [2.45, 2.75) is 5.60 Å². The van der Waals surface area contributed by atoms with Gasteiger partial charge in [0.1, 0.15) is 12.4 Å². The van der Waals surface area contributed by atoms with Crippen molar-refractivity contribution in [3.05, 3.63) is 64.7 Å². The van der Waals surface area contributed by atoms with E-state index in [0.29, 0.717) is 21.9 Å². The summed E-state index contributed by atoms with van der Waals surface area (Å²) in [5.41, 5.74) is -0.824. The van der Waals surface area contributed by atoms with Gasteiger partial charge >= 0.3 is 0 Å². The number of hydrogen-bond donors (Lipinski definition) is 1. The highest BCUT2D eigenvalue weighted by molar-refractivity contribution is 6.31. The Balaban J connectivity index is 2.11. The molecule has 0 amide bonds. The van der Waals surface area contributed by atoms with Crippen molar-refractivity contribution in [3.63, 3.8) is 0 Å². The fourth-order valence-electron chi connectivity index (χ4n) is 2.20. The van der Waals surface area contributed by atoms with Gasteiger partial charge in [0.2, 0.25) is 5.78 Å². The largest absolute Gasteiger partial charge is 0.489 e. The van der Waals surface area contributed by atoms with Crippen LogP contribution in [-0.2, 0) is 5.60 Å². The topological polar surface area (TPSA) is 46.5 Å². The lowest BCUT2D eigenvalue weighted by Crippen LogP contribution is -2.44. The summed E-state index contributed by atoms with van der Waals surface area (Å²) < 4.78 is 5.49. The van der Waals surface area contributed by atoms with E-state index in [1.807, 2.05) is 6.07 Å². The Labute approximate surface area is 115 Å². The zero-order valence-corrected chi connectivity index (χ0v) is 10.7. The van der Waals surface area contributed by atoms with Crippen LogP contribution in [0.15, 0.2) is 48.5 Å². The quantitative estimate of drug-likeness (QED) is 0.870. The highest BCUT2D eigenvalue weighted by atomic mass is 35.5. The summed E-state index contributed by atoms with van der Waals surface area (Å²) >= 11 is 5.89. The summed E-state index contributed by atoms with van der Waals surface area (Å²) in [5.74, 6) is 0.0671. The number of fused-ring (bicyclic) bond motifs is 1. The molecule has 2 aromatic carbocycles. The maximum absolute atomic E-state index is 12.5. The molecule has 1 N–H and O–H groups in total. The molecule has 96 valence electrons. The maximum atomic E-state index is 12.5. The van der Waals surface area contributed by atoms with E-state index in [4.69, 9.17) is 16.3 Å². The summed E-state index contributed by atoms with van der Waals surface area (Å²) in [7, 11) is 0. The first-order valence-electron chi connectivity index (χ1n) is 5.86. The van der Waals surface area contributed by atoms with Crippen LogP contribution in [0.4, 0.5) is 0 Å². The molecule has 0 unspecified atom stereocenters. The highest BCUT2D eigenvalue weighted by Crippen LogP contribution is 2.36. The highest BCUT2D eigenvalue weighted by Gasteiger charge is 2.43. The van der Waals surface area contributed by atoms with E-state index in [9.17, 15) is 9.90 Å². The molecule has 19 heavy (non-hydrogen) atoms. The van der Waals surface area contributed by atoms with Gasteiger partial charge in [0.25, 0.3) is 0 Å². The zero-order chi connectivity index (χ0) is 13.5. The summed E-state index contributed by atoms with van der Waals surface area (Å²) in [6.07, 6.45) is 0. The van der Waals surface area contributed by atoms with Crippen molar-refractivity contribution in [2.75, 3.05) is 6.61 Å². The molecule has 1 heterocycles. The summed E-state index contributed by atoms with van der Waals surface area (Å²) in [6, 6.07) is 13.6. The van der Waals surface area contributed by atoms with Crippen molar-refractivity contribution < 1.29 is 14.6 Å². The van der Waals surface area contributed by atoms with Crippen LogP contribution in [0.1, 0.15) is 15.9 Å². The average molecular weight is 275 g/mol. The predicted molar refractivity (Wildman–Crippen MR) is 71.6 cm³/mol. The second-order valence-electron chi connectivity index (χ2n) is 4.48. The third kappa shape index (κ3) is 1.91. The van der Waals surface area contributed by atoms with E-state index in [-0.39, 0.29) is 12.4 Å². The molecule has 0 aliphatic carbocycles. The first-order chi connectivity index (χ1) is 9.11. The molecule has 3 nitrogen and oxygen atoms in total. The minimum atomic E-state index is -1.65.